The van der Waals surface area contributed by atoms with E-state index >= 15 is 0 Å². The van der Waals surface area contributed by atoms with Crippen LogP contribution in [0.5, 0.6) is 0 Å². The minimum Gasteiger partial charge on any atom is -0.337 e. The molecular formula is C24H26N4O. The van der Waals surface area contributed by atoms with E-state index in [1.165, 1.54) is 5.56 Å². The summed E-state index contributed by atoms with van der Waals surface area (Å²) in [7, 11) is 2.09. The third-order valence-corrected chi connectivity index (χ3v) is 5.31. The van der Waals surface area contributed by atoms with Gasteiger partial charge in [0.1, 0.15) is 0 Å². The molecule has 0 spiro atoms. The number of aryl methyl sites for hydroxylation is 1. The molecule has 0 bridgehead atoms. The highest BCUT2D eigenvalue weighted by molar-refractivity contribution is 5.93. The Hall–Kier alpha value is -3.18. The molecule has 1 saturated heterocycles. The molecule has 2 aromatic carbocycles. The van der Waals surface area contributed by atoms with E-state index in [9.17, 15) is 4.79 Å². The fourth-order valence-electron chi connectivity index (χ4n) is 3.45. The molecule has 0 N–H and O–H groups in total. The second-order valence-electron chi connectivity index (χ2n) is 7.54. The fraction of sp³-hybridized carbons (Fsp3) is 0.250. The number of likely N-dealkylation sites (N-methyl/N-ethyl adjacent to an activating group) is 1. The van der Waals surface area contributed by atoms with E-state index < -0.39 is 0 Å². The number of amides is 1. The number of carbonyl (C=O) groups is 1. The monoisotopic (exact) mass is 386 g/mol. The Balaban J connectivity index is 1.64. The first kappa shape index (κ1) is 19.2. The highest BCUT2D eigenvalue weighted by atomic mass is 16.2. The van der Waals surface area contributed by atoms with Crippen molar-refractivity contribution in [2.75, 3.05) is 33.2 Å². The van der Waals surface area contributed by atoms with Gasteiger partial charge in [-0.25, -0.2) is 4.68 Å². The summed E-state index contributed by atoms with van der Waals surface area (Å²) >= 11 is 0. The molecule has 29 heavy (non-hydrogen) atoms. The Morgan fingerprint density at radius 3 is 2.34 bits per heavy atom. The normalized spacial score (nSPS) is 15.2. The summed E-state index contributed by atoms with van der Waals surface area (Å²) in [6, 6.07) is 18.3. The molecule has 1 aliphatic heterocycles. The van der Waals surface area contributed by atoms with Gasteiger partial charge in [0.25, 0.3) is 0 Å². The van der Waals surface area contributed by atoms with Crippen molar-refractivity contribution in [1.82, 2.24) is 19.6 Å². The number of hydrogen-bond donors (Lipinski definition) is 0. The van der Waals surface area contributed by atoms with Gasteiger partial charge in [0.15, 0.2) is 0 Å². The smallest absolute Gasteiger partial charge is 0.246 e. The quantitative estimate of drug-likeness (QED) is 0.643. The van der Waals surface area contributed by atoms with Gasteiger partial charge in [-0.3, -0.25) is 4.79 Å². The van der Waals surface area contributed by atoms with Crippen LogP contribution in [-0.2, 0) is 4.79 Å². The lowest BCUT2D eigenvalue weighted by Gasteiger charge is -2.31. The average molecular weight is 386 g/mol. The SMILES string of the molecule is Cc1ccc(-c2nn(-c3ccccc3)cc2/C=C/C(=O)N2CCN(C)CC2)cc1. The second kappa shape index (κ2) is 8.45. The fourth-order valence-corrected chi connectivity index (χ4v) is 3.45. The van der Waals surface area contributed by atoms with Crippen molar-refractivity contribution in [3.05, 3.63) is 78.0 Å². The van der Waals surface area contributed by atoms with E-state index in [0.29, 0.717) is 0 Å². The standard InChI is InChI=1S/C24H26N4O/c1-19-8-10-20(11-9-19)24-21(18-28(25-24)22-6-4-3-5-7-22)12-13-23(29)27-16-14-26(2)15-17-27/h3-13,18H,14-17H2,1-2H3/b13-12+. The first-order valence-electron chi connectivity index (χ1n) is 9.98. The number of para-hydroxylation sites is 1. The number of hydrogen-bond acceptors (Lipinski definition) is 3. The molecule has 5 nitrogen and oxygen atoms in total. The van der Waals surface area contributed by atoms with E-state index in [4.69, 9.17) is 5.10 Å². The predicted molar refractivity (Wildman–Crippen MR) is 117 cm³/mol. The van der Waals surface area contributed by atoms with Gasteiger partial charge < -0.3 is 9.80 Å². The van der Waals surface area contributed by atoms with Gasteiger partial charge in [0.05, 0.1) is 11.4 Å². The summed E-state index contributed by atoms with van der Waals surface area (Å²) < 4.78 is 1.87. The third-order valence-electron chi connectivity index (χ3n) is 5.31. The van der Waals surface area contributed by atoms with Crippen LogP contribution in [0.1, 0.15) is 11.1 Å². The Morgan fingerprint density at radius 2 is 1.66 bits per heavy atom. The molecule has 4 rings (SSSR count). The molecule has 0 aliphatic carbocycles. The van der Waals surface area contributed by atoms with Crippen molar-refractivity contribution in [3.8, 4) is 16.9 Å². The van der Waals surface area contributed by atoms with Crippen LogP contribution in [0.3, 0.4) is 0 Å². The maximum Gasteiger partial charge on any atom is 0.246 e. The summed E-state index contributed by atoms with van der Waals surface area (Å²) in [5, 5.41) is 4.81. The molecule has 2 heterocycles. The van der Waals surface area contributed by atoms with E-state index in [0.717, 1.165) is 48.7 Å². The van der Waals surface area contributed by atoms with Crippen molar-refractivity contribution in [2.24, 2.45) is 0 Å². The van der Waals surface area contributed by atoms with Crippen molar-refractivity contribution in [3.63, 3.8) is 0 Å². The highest BCUT2D eigenvalue weighted by Gasteiger charge is 2.17. The van der Waals surface area contributed by atoms with Crippen LogP contribution in [0.2, 0.25) is 0 Å². The van der Waals surface area contributed by atoms with E-state index in [1.54, 1.807) is 6.08 Å². The lowest BCUT2D eigenvalue weighted by molar-refractivity contribution is -0.127. The van der Waals surface area contributed by atoms with Gasteiger partial charge in [0, 0.05) is 49.6 Å². The number of benzene rings is 2. The number of nitrogens with zero attached hydrogens (tertiary/aromatic N) is 4. The van der Waals surface area contributed by atoms with Crippen LogP contribution < -0.4 is 0 Å². The number of piperazine rings is 1. The summed E-state index contributed by atoms with van der Waals surface area (Å²) in [5.74, 6) is 0.0559. The number of aromatic nitrogens is 2. The summed E-state index contributed by atoms with van der Waals surface area (Å²) in [5.41, 5.74) is 5.04. The van der Waals surface area contributed by atoms with Crippen LogP contribution in [0.25, 0.3) is 23.0 Å². The molecule has 0 atom stereocenters. The minimum atomic E-state index is 0.0559. The topological polar surface area (TPSA) is 41.4 Å². The van der Waals surface area contributed by atoms with E-state index in [1.807, 2.05) is 52.2 Å². The zero-order chi connectivity index (χ0) is 20.2. The average Bonchev–Trinajstić information content (AvgIpc) is 3.18. The molecule has 1 amide bonds. The molecular weight excluding hydrogens is 360 g/mol. The van der Waals surface area contributed by atoms with Gasteiger partial charge in [0.2, 0.25) is 5.91 Å². The van der Waals surface area contributed by atoms with Gasteiger partial charge in [-0.1, -0.05) is 48.0 Å². The lowest BCUT2D eigenvalue weighted by atomic mass is 10.1. The van der Waals surface area contributed by atoms with Crippen molar-refractivity contribution in [1.29, 1.82) is 0 Å². The van der Waals surface area contributed by atoms with Gasteiger partial charge >= 0.3 is 0 Å². The van der Waals surface area contributed by atoms with Crippen molar-refractivity contribution < 1.29 is 4.79 Å². The molecule has 1 aliphatic rings. The Kier molecular flexibility index (Phi) is 5.58. The largest absolute Gasteiger partial charge is 0.337 e. The molecule has 0 saturated carbocycles. The predicted octanol–water partition coefficient (Wildman–Crippen LogP) is 3.63. The molecule has 148 valence electrons. The maximum atomic E-state index is 12.6. The summed E-state index contributed by atoms with van der Waals surface area (Å²) in [4.78, 5) is 16.8. The zero-order valence-corrected chi connectivity index (χ0v) is 17.0. The molecule has 1 fully saturated rings. The molecule has 1 aromatic heterocycles. The Bertz CT molecular complexity index is 997. The van der Waals surface area contributed by atoms with Gasteiger partial charge in [-0.05, 0) is 32.2 Å². The van der Waals surface area contributed by atoms with Crippen LogP contribution >= 0.6 is 0 Å². The van der Waals surface area contributed by atoms with Gasteiger partial charge in [-0.15, -0.1) is 0 Å². The zero-order valence-electron chi connectivity index (χ0n) is 17.0. The van der Waals surface area contributed by atoms with Crippen LogP contribution in [0, 0.1) is 6.92 Å². The Labute approximate surface area is 171 Å². The summed E-state index contributed by atoms with van der Waals surface area (Å²) in [6.45, 7) is 5.45. The molecule has 0 unspecified atom stereocenters. The van der Waals surface area contributed by atoms with Gasteiger partial charge in [-0.2, -0.15) is 5.10 Å². The number of carbonyl (C=O) groups excluding carboxylic acids is 1. The van der Waals surface area contributed by atoms with E-state index in [-0.39, 0.29) is 5.91 Å². The molecule has 3 aromatic rings. The van der Waals surface area contributed by atoms with Crippen molar-refractivity contribution in [2.45, 2.75) is 6.92 Å². The maximum absolute atomic E-state index is 12.6. The first-order chi connectivity index (χ1) is 14.1. The molecule has 0 radical (unpaired) electrons. The Morgan fingerprint density at radius 1 is 0.966 bits per heavy atom. The number of rotatable bonds is 4. The van der Waals surface area contributed by atoms with Crippen LogP contribution in [-0.4, -0.2) is 58.7 Å². The molecule has 5 heteroatoms. The third kappa shape index (κ3) is 4.46. The highest BCUT2D eigenvalue weighted by Crippen LogP contribution is 2.25. The van der Waals surface area contributed by atoms with E-state index in [2.05, 4.69) is 43.1 Å². The lowest BCUT2D eigenvalue weighted by Crippen LogP contribution is -2.46. The van der Waals surface area contributed by atoms with Crippen molar-refractivity contribution >= 4 is 12.0 Å². The summed E-state index contributed by atoms with van der Waals surface area (Å²) in [6.07, 6.45) is 5.55. The van der Waals surface area contributed by atoms with Crippen LogP contribution in [0.15, 0.2) is 66.9 Å². The minimum absolute atomic E-state index is 0.0559. The second-order valence-corrected chi connectivity index (χ2v) is 7.54. The van der Waals surface area contributed by atoms with Crippen LogP contribution in [0.4, 0.5) is 0 Å². The first-order valence-corrected chi connectivity index (χ1v) is 9.98.